The van der Waals surface area contributed by atoms with Gasteiger partial charge >= 0.3 is 0 Å². The molecule has 92 valence electrons. The van der Waals surface area contributed by atoms with E-state index in [2.05, 4.69) is 10.6 Å². The average molecular weight is 235 g/mol. The van der Waals surface area contributed by atoms with Crippen molar-refractivity contribution in [3.63, 3.8) is 0 Å². The van der Waals surface area contributed by atoms with Gasteiger partial charge in [0.1, 0.15) is 0 Å². The van der Waals surface area contributed by atoms with Crippen molar-refractivity contribution < 1.29 is 4.92 Å². The third-order valence-electron chi connectivity index (χ3n) is 2.98. The van der Waals surface area contributed by atoms with E-state index in [9.17, 15) is 10.1 Å². The van der Waals surface area contributed by atoms with E-state index in [1.54, 1.807) is 12.1 Å². The van der Waals surface area contributed by atoms with Crippen molar-refractivity contribution in [3.05, 3.63) is 39.9 Å². The van der Waals surface area contributed by atoms with Crippen LogP contribution >= 0.6 is 0 Å². The first-order valence-electron chi connectivity index (χ1n) is 5.93. The maximum Gasteiger partial charge on any atom is 0.269 e. The van der Waals surface area contributed by atoms with E-state index >= 15 is 0 Å². The summed E-state index contributed by atoms with van der Waals surface area (Å²) in [5, 5.41) is 17.4. The molecule has 0 aliphatic carbocycles. The summed E-state index contributed by atoms with van der Waals surface area (Å²) >= 11 is 0. The monoisotopic (exact) mass is 235 g/mol. The van der Waals surface area contributed by atoms with Crippen LogP contribution in [0.4, 0.5) is 5.69 Å². The van der Waals surface area contributed by atoms with Gasteiger partial charge in [-0.2, -0.15) is 0 Å². The van der Waals surface area contributed by atoms with Gasteiger partial charge in [-0.05, 0) is 31.5 Å². The average Bonchev–Trinajstić information content (AvgIpc) is 2.58. The lowest BCUT2D eigenvalue weighted by Crippen LogP contribution is -2.36. The summed E-state index contributed by atoms with van der Waals surface area (Å²) in [6, 6.07) is 7.23. The molecule has 1 aromatic carbocycles. The van der Waals surface area contributed by atoms with Crippen molar-refractivity contribution in [1.29, 1.82) is 0 Å². The van der Waals surface area contributed by atoms with Gasteiger partial charge in [-0.25, -0.2) is 0 Å². The first-order valence-corrected chi connectivity index (χ1v) is 5.93. The minimum absolute atomic E-state index is 0.153. The van der Waals surface area contributed by atoms with Gasteiger partial charge in [-0.1, -0.05) is 12.1 Å². The van der Waals surface area contributed by atoms with Crippen molar-refractivity contribution in [3.8, 4) is 0 Å². The molecule has 0 aromatic heterocycles. The molecule has 1 aromatic rings. The summed E-state index contributed by atoms with van der Waals surface area (Å²) in [6.07, 6.45) is 2.06. The second-order valence-electron chi connectivity index (χ2n) is 4.34. The minimum atomic E-state index is -0.366. The number of hydrogen-bond donors (Lipinski definition) is 2. The molecule has 5 nitrogen and oxygen atoms in total. The zero-order valence-electron chi connectivity index (χ0n) is 9.69. The number of rotatable bonds is 3. The Morgan fingerprint density at radius 2 is 2.06 bits per heavy atom. The predicted octanol–water partition coefficient (Wildman–Crippen LogP) is 1.09. The van der Waals surface area contributed by atoms with Gasteiger partial charge in [-0.3, -0.25) is 10.1 Å². The summed E-state index contributed by atoms with van der Waals surface area (Å²) in [7, 11) is 0. The van der Waals surface area contributed by atoms with Crippen molar-refractivity contribution in [2.75, 3.05) is 19.6 Å². The highest BCUT2D eigenvalue weighted by molar-refractivity contribution is 5.33. The van der Waals surface area contributed by atoms with Crippen LogP contribution in [-0.4, -0.2) is 30.6 Å². The lowest BCUT2D eigenvalue weighted by Gasteiger charge is -2.15. The smallest absolute Gasteiger partial charge is 0.269 e. The molecular formula is C12H17N3O2. The number of benzene rings is 1. The van der Waals surface area contributed by atoms with Crippen LogP contribution < -0.4 is 10.6 Å². The molecule has 0 saturated carbocycles. The Balaban J connectivity index is 1.95. The predicted molar refractivity (Wildman–Crippen MR) is 66.1 cm³/mol. The molecule has 1 aliphatic heterocycles. The van der Waals surface area contributed by atoms with Crippen molar-refractivity contribution in [1.82, 2.24) is 10.6 Å². The molecule has 1 saturated heterocycles. The maximum atomic E-state index is 10.5. The Morgan fingerprint density at radius 3 is 2.76 bits per heavy atom. The molecule has 0 unspecified atom stereocenters. The van der Waals surface area contributed by atoms with Gasteiger partial charge in [0.25, 0.3) is 5.69 Å². The first kappa shape index (κ1) is 12.0. The molecule has 17 heavy (non-hydrogen) atoms. The molecule has 1 aliphatic rings. The van der Waals surface area contributed by atoms with Crippen LogP contribution in [0.1, 0.15) is 12.0 Å². The Morgan fingerprint density at radius 1 is 1.29 bits per heavy atom. The standard InChI is InChI=1S/C12H17N3O2/c16-15(17)12-4-2-10(3-5-12)8-11-9-13-6-1-7-14-11/h2-5,11,13-14H,1,6-9H2/t11-/m0/s1. The van der Waals surface area contributed by atoms with Gasteiger partial charge in [-0.15, -0.1) is 0 Å². The van der Waals surface area contributed by atoms with Crippen LogP contribution in [0, 0.1) is 10.1 Å². The van der Waals surface area contributed by atoms with Gasteiger partial charge < -0.3 is 10.6 Å². The minimum Gasteiger partial charge on any atom is -0.315 e. The topological polar surface area (TPSA) is 67.2 Å². The zero-order chi connectivity index (χ0) is 12.1. The SMILES string of the molecule is O=[N+]([O-])c1ccc(C[C@H]2CNCCCN2)cc1. The highest BCUT2D eigenvalue weighted by Gasteiger charge is 2.12. The van der Waals surface area contributed by atoms with E-state index in [1.807, 2.05) is 12.1 Å². The fraction of sp³-hybridized carbons (Fsp3) is 0.500. The molecule has 0 radical (unpaired) electrons. The lowest BCUT2D eigenvalue weighted by atomic mass is 10.1. The number of nitrogens with one attached hydrogen (secondary N) is 2. The third-order valence-corrected chi connectivity index (χ3v) is 2.98. The Bertz CT molecular complexity index is 370. The number of non-ortho nitro benzene ring substituents is 1. The Labute approximate surface area is 100 Å². The molecule has 1 atom stereocenters. The summed E-state index contributed by atoms with van der Waals surface area (Å²) in [5.74, 6) is 0. The number of hydrogen-bond acceptors (Lipinski definition) is 4. The number of nitrogens with zero attached hydrogens (tertiary/aromatic N) is 1. The van der Waals surface area contributed by atoms with Crippen molar-refractivity contribution >= 4 is 5.69 Å². The molecule has 1 fully saturated rings. The molecule has 0 amide bonds. The molecular weight excluding hydrogens is 218 g/mol. The summed E-state index contributed by atoms with van der Waals surface area (Å²) < 4.78 is 0. The Kier molecular flexibility index (Phi) is 4.06. The van der Waals surface area contributed by atoms with E-state index in [0.29, 0.717) is 6.04 Å². The van der Waals surface area contributed by atoms with Crippen LogP contribution in [0.25, 0.3) is 0 Å². The second-order valence-corrected chi connectivity index (χ2v) is 4.34. The van der Waals surface area contributed by atoms with E-state index in [-0.39, 0.29) is 10.6 Å². The fourth-order valence-corrected chi connectivity index (χ4v) is 2.05. The van der Waals surface area contributed by atoms with E-state index in [4.69, 9.17) is 0 Å². The summed E-state index contributed by atoms with van der Waals surface area (Å²) in [5.41, 5.74) is 1.29. The third kappa shape index (κ3) is 3.51. The van der Waals surface area contributed by atoms with E-state index in [1.165, 1.54) is 0 Å². The van der Waals surface area contributed by atoms with Crippen LogP contribution in [0.5, 0.6) is 0 Å². The molecule has 0 bridgehead atoms. The van der Waals surface area contributed by atoms with Crippen LogP contribution in [0.15, 0.2) is 24.3 Å². The van der Waals surface area contributed by atoms with Gasteiger partial charge in [0.15, 0.2) is 0 Å². The number of nitro benzene ring substituents is 1. The van der Waals surface area contributed by atoms with Crippen molar-refractivity contribution in [2.24, 2.45) is 0 Å². The molecule has 0 spiro atoms. The first-order chi connectivity index (χ1) is 8.25. The molecule has 2 rings (SSSR count). The van der Waals surface area contributed by atoms with Crippen LogP contribution in [-0.2, 0) is 6.42 Å². The largest absolute Gasteiger partial charge is 0.315 e. The summed E-state index contributed by atoms with van der Waals surface area (Å²) in [4.78, 5) is 10.2. The van der Waals surface area contributed by atoms with E-state index in [0.717, 1.165) is 38.0 Å². The zero-order valence-corrected chi connectivity index (χ0v) is 9.69. The lowest BCUT2D eigenvalue weighted by molar-refractivity contribution is -0.384. The molecule has 1 heterocycles. The quantitative estimate of drug-likeness (QED) is 0.608. The fourth-order valence-electron chi connectivity index (χ4n) is 2.05. The maximum absolute atomic E-state index is 10.5. The number of nitro groups is 1. The summed E-state index contributed by atoms with van der Waals surface area (Å²) in [6.45, 7) is 3.05. The van der Waals surface area contributed by atoms with Gasteiger partial charge in [0, 0.05) is 24.7 Å². The van der Waals surface area contributed by atoms with E-state index < -0.39 is 0 Å². The van der Waals surface area contributed by atoms with Crippen LogP contribution in [0.3, 0.4) is 0 Å². The van der Waals surface area contributed by atoms with Gasteiger partial charge in [0.2, 0.25) is 0 Å². The van der Waals surface area contributed by atoms with Gasteiger partial charge in [0.05, 0.1) is 4.92 Å². The molecule has 5 heteroatoms. The normalized spacial score (nSPS) is 20.8. The molecule has 2 N–H and O–H groups in total. The second kappa shape index (κ2) is 5.75. The van der Waals surface area contributed by atoms with Crippen LogP contribution in [0.2, 0.25) is 0 Å². The Hall–Kier alpha value is -1.46. The highest BCUT2D eigenvalue weighted by atomic mass is 16.6. The van der Waals surface area contributed by atoms with Crippen molar-refractivity contribution in [2.45, 2.75) is 18.9 Å². The highest BCUT2D eigenvalue weighted by Crippen LogP contribution is 2.13.